The predicted molar refractivity (Wildman–Crippen MR) is 104 cm³/mol. The SMILES string of the molecule is Cc1cc(C)nc(Nc2ccc(C(=O)NCCCN3CCCC3=O)cc2)n1. The summed E-state index contributed by atoms with van der Waals surface area (Å²) in [4.78, 5) is 34.3. The van der Waals surface area contributed by atoms with Crippen LogP contribution >= 0.6 is 0 Å². The van der Waals surface area contributed by atoms with Crippen molar-refractivity contribution in [3.63, 3.8) is 0 Å². The maximum absolute atomic E-state index is 12.2. The van der Waals surface area contributed by atoms with E-state index in [1.807, 2.05) is 36.9 Å². The van der Waals surface area contributed by atoms with E-state index in [2.05, 4.69) is 20.6 Å². The van der Waals surface area contributed by atoms with Gasteiger partial charge in [0.25, 0.3) is 5.91 Å². The van der Waals surface area contributed by atoms with Crippen molar-refractivity contribution in [1.82, 2.24) is 20.2 Å². The topological polar surface area (TPSA) is 87.2 Å². The number of anilines is 2. The second kappa shape index (κ2) is 8.62. The monoisotopic (exact) mass is 367 g/mol. The van der Waals surface area contributed by atoms with E-state index >= 15 is 0 Å². The summed E-state index contributed by atoms with van der Waals surface area (Å²) in [5.74, 6) is 0.648. The summed E-state index contributed by atoms with van der Waals surface area (Å²) in [5.41, 5.74) is 3.22. The van der Waals surface area contributed by atoms with Crippen molar-refractivity contribution in [2.75, 3.05) is 25.0 Å². The van der Waals surface area contributed by atoms with Gasteiger partial charge in [0.05, 0.1) is 0 Å². The van der Waals surface area contributed by atoms with Crippen molar-refractivity contribution in [3.8, 4) is 0 Å². The van der Waals surface area contributed by atoms with Gasteiger partial charge in [0.15, 0.2) is 0 Å². The molecule has 1 aromatic carbocycles. The fourth-order valence-corrected chi connectivity index (χ4v) is 3.13. The molecule has 2 heterocycles. The first kappa shape index (κ1) is 18.8. The Bertz CT molecular complexity index is 799. The number of carbonyl (C=O) groups excluding carboxylic acids is 2. The van der Waals surface area contributed by atoms with Crippen molar-refractivity contribution in [2.45, 2.75) is 33.1 Å². The van der Waals surface area contributed by atoms with Gasteiger partial charge in [-0.25, -0.2) is 9.97 Å². The Kier molecular flexibility index (Phi) is 6.01. The summed E-state index contributed by atoms with van der Waals surface area (Å²) in [6.07, 6.45) is 2.36. The standard InChI is InChI=1S/C20H25N5O2/c1-14-13-15(2)23-20(22-14)24-17-8-6-16(7-9-17)19(27)21-10-4-12-25-11-3-5-18(25)26/h6-9,13H,3-5,10-12H2,1-2H3,(H,21,27)(H,22,23,24). The fourth-order valence-electron chi connectivity index (χ4n) is 3.13. The summed E-state index contributed by atoms with van der Waals surface area (Å²) >= 11 is 0. The van der Waals surface area contributed by atoms with Crippen LogP contribution in [0.15, 0.2) is 30.3 Å². The number of carbonyl (C=O) groups is 2. The van der Waals surface area contributed by atoms with Crippen molar-refractivity contribution in [3.05, 3.63) is 47.3 Å². The summed E-state index contributed by atoms with van der Waals surface area (Å²) < 4.78 is 0. The molecule has 0 aliphatic carbocycles. The molecule has 27 heavy (non-hydrogen) atoms. The van der Waals surface area contributed by atoms with Gasteiger partial charge in [-0.15, -0.1) is 0 Å². The van der Waals surface area contributed by atoms with E-state index in [-0.39, 0.29) is 11.8 Å². The Morgan fingerprint density at radius 3 is 2.48 bits per heavy atom. The molecule has 0 radical (unpaired) electrons. The molecular weight excluding hydrogens is 342 g/mol. The predicted octanol–water partition coefficient (Wildman–Crippen LogP) is 2.58. The number of nitrogens with zero attached hydrogens (tertiary/aromatic N) is 3. The first-order valence-corrected chi connectivity index (χ1v) is 9.26. The lowest BCUT2D eigenvalue weighted by Crippen LogP contribution is -2.30. The summed E-state index contributed by atoms with van der Waals surface area (Å²) in [6.45, 7) is 5.95. The highest BCUT2D eigenvalue weighted by molar-refractivity contribution is 5.94. The molecule has 1 aromatic heterocycles. The van der Waals surface area contributed by atoms with Gasteiger partial charge in [-0.1, -0.05) is 0 Å². The molecule has 2 N–H and O–H groups in total. The van der Waals surface area contributed by atoms with E-state index < -0.39 is 0 Å². The van der Waals surface area contributed by atoms with Crippen LogP contribution in [0.3, 0.4) is 0 Å². The van der Waals surface area contributed by atoms with Crippen molar-refractivity contribution in [1.29, 1.82) is 0 Å². The van der Waals surface area contributed by atoms with Crippen LogP contribution < -0.4 is 10.6 Å². The molecule has 1 aliphatic heterocycles. The zero-order chi connectivity index (χ0) is 19.2. The molecule has 0 atom stereocenters. The van der Waals surface area contributed by atoms with Crippen LogP contribution in [-0.4, -0.2) is 46.3 Å². The third-order valence-corrected chi connectivity index (χ3v) is 4.45. The minimum Gasteiger partial charge on any atom is -0.352 e. The van der Waals surface area contributed by atoms with Gasteiger partial charge in [-0.05, 0) is 57.0 Å². The number of hydrogen-bond acceptors (Lipinski definition) is 5. The Hall–Kier alpha value is -2.96. The highest BCUT2D eigenvalue weighted by atomic mass is 16.2. The average Bonchev–Trinajstić information content (AvgIpc) is 3.03. The van der Waals surface area contributed by atoms with Crippen LogP contribution in [0.5, 0.6) is 0 Å². The summed E-state index contributed by atoms with van der Waals surface area (Å²) in [6, 6.07) is 9.12. The van der Waals surface area contributed by atoms with Crippen LogP contribution in [0.1, 0.15) is 41.0 Å². The summed E-state index contributed by atoms with van der Waals surface area (Å²) in [5, 5.41) is 6.05. The normalized spacial score (nSPS) is 13.7. The molecule has 0 spiro atoms. The van der Waals surface area contributed by atoms with Crippen molar-refractivity contribution < 1.29 is 9.59 Å². The molecule has 0 bridgehead atoms. The molecular formula is C20H25N5O2. The van der Waals surface area contributed by atoms with Crippen LogP contribution in [-0.2, 0) is 4.79 Å². The minimum atomic E-state index is -0.114. The lowest BCUT2D eigenvalue weighted by atomic mass is 10.2. The number of likely N-dealkylation sites (tertiary alicyclic amines) is 1. The second-order valence-electron chi connectivity index (χ2n) is 6.77. The van der Waals surface area contributed by atoms with E-state index in [4.69, 9.17) is 0 Å². The molecule has 2 amide bonds. The molecule has 3 rings (SSSR count). The molecule has 0 unspecified atom stereocenters. The van der Waals surface area contributed by atoms with Crippen molar-refractivity contribution in [2.24, 2.45) is 0 Å². The van der Waals surface area contributed by atoms with Crippen LogP contribution in [0.25, 0.3) is 0 Å². The molecule has 7 nitrogen and oxygen atoms in total. The van der Waals surface area contributed by atoms with E-state index in [1.54, 1.807) is 12.1 Å². The van der Waals surface area contributed by atoms with E-state index in [0.29, 0.717) is 31.0 Å². The maximum Gasteiger partial charge on any atom is 0.251 e. The van der Waals surface area contributed by atoms with Crippen LogP contribution in [0.4, 0.5) is 11.6 Å². The molecule has 142 valence electrons. The zero-order valence-electron chi connectivity index (χ0n) is 15.8. The molecule has 7 heteroatoms. The van der Waals surface area contributed by atoms with Gasteiger partial charge >= 0.3 is 0 Å². The quantitative estimate of drug-likeness (QED) is 0.735. The van der Waals surface area contributed by atoms with Gasteiger partial charge in [0.2, 0.25) is 11.9 Å². The van der Waals surface area contributed by atoms with E-state index in [0.717, 1.165) is 36.5 Å². The van der Waals surface area contributed by atoms with Gasteiger partial charge in [0, 0.05) is 48.7 Å². The summed E-state index contributed by atoms with van der Waals surface area (Å²) in [7, 11) is 0. The number of amides is 2. The Morgan fingerprint density at radius 1 is 1.15 bits per heavy atom. The fraction of sp³-hybridized carbons (Fsp3) is 0.400. The third-order valence-electron chi connectivity index (χ3n) is 4.45. The third kappa shape index (κ3) is 5.26. The van der Waals surface area contributed by atoms with Gasteiger partial charge in [-0.2, -0.15) is 0 Å². The Balaban J connectivity index is 1.47. The number of aromatic nitrogens is 2. The molecule has 1 aliphatic rings. The smallest absolute Gasteiger partial charge is 0.251 e. The molecule has 0 saturated carbocycles. The van der Waals surface area contributed by atoms with E-state index in [9.17, 15) is 9.59 Å². The van der Waals surface area contributed by atoms with Crippen LogP contribution in [0, 0.1) is 13.8 Å². The second-order valence-corrected chi connectivity index (χ2v) is 6.77. The number of aryl methyl sites for hydroxylation is 2. The number of benzene rings is 1. The molecule has 2 aromatic rings. The molecule has 1 saturated heterocycles. The number of nitrogens with one attached hydrogen (secondary N) is 2. The maximum atomic E-state index is 12.2. The first-order chi connectivity index (χ1) is 13.0. The lowest BCUT2D eigenvalue weighted by Gasteiger charge is -2.15. The lowest BCUT2D eigenvalue weighted by molar-refractivity contribution is -0.127. The minimum absolute atomic E-state index is 0.114. The highest BCUT2D eigenvalue weighted by Crippen LogP contribution is 2.15. The number of hydrogen-bond donors (Lipinski definition) is 2. The average molecular weight is 367 g/mol. The zero-order valence-corrected chi connectivity index (χ0v) is 15.8. The largest absolute Gasteiger partial charge is 0.352 e. The van der Waals surface area contributed by atoms with Gasteiger partial charge in [0.1, 0.15) is 0 Å². The highest BCUT2D eigenvalue weighted by Gasteiger charge is 2.19. The molecule has 1 fully saturated rings. The van der Waals surface area contributed by atoms with Crippen molar-refractivity contribution >= 4 is 23.5 Å². The van der Waals surface area contributed by atoms with Gasteiger partial charge < -0.3 is 15.5 Å². The van der Waals surface area contributed by atoms with Gasteiger partial charge in [-0.3, -0.25) is 9.59 Å². The first-order valence-electron chi connectivity index (χ1n) is 9.26. The Labute approximate surface area is 159 Å². The number of rotatable bonds is 7. The van der Waals surface area contributed by atoms with Crippen LogP contribution in [0.2, 0.25) is 0 Å². The Morgan fingerprint density at radius 2 is 1.85 bits per heavy atom. The van der Waals surface area contributed by atoms with E-state index in [1.165, 1.54) is 0 Å².